The third-order valence-corrected chi connectivity index (χ3v) is 5.23. The molecule has 1 aromatic carbocycles. The minimum atomic E-state index is -0.402. The van der Waals surface area contributed by atoms with Crippen molar-refractivity contribution in [1.29, 1.82) is 0 Å². The van der Waals surface area contributed by atoms with E-state index in [-0.39, 0.29) is 17.6 Å². The molecule has 2 saturated heterocycles. The zero-order valence-corrected chi connectivity index (χ0v) is 15.0. The zero-order valence-electron chi connectivity index (χ0n) is 15.0. The number of carbonyl (C=O) groups excluding carboxylic acids is 1. The van der Waals surface area contributed by atoms with Crippen molar-refractivity contribution in [3.05, 3.63) is 20.4 Å². The molecule has 7 nitrogen and oxygen atoms in total. The number of nitrogens with one attached hydrogen (secondary N) is 1. The summed E-state index contributed by atoms with van der Waals surface area (Å²) < 4.78 is 5.02. The van der Waals surface area contributed by atoms with Gasteiger partial charge in [-0.1, -0.05) is 6.92 Å². The number of hydrogen-bond acceptors (Lipinski definition) is 6. The average molecular weight is 349 g/mol. The van der Waals surface area contributed by atoms with Gasteiger partial charge in [0.15, 0.2) is 0 Å². The molecule has 1 N–H and O–H groups in total. The summed E-state index contributed by atoms with van der Waals surface area (Å²) in [5, 5.41) is 3.28. The highest BCUT2D eigenvalue weighted by Gasteiger charge is 2.31. The summed E-state index contributed by atoms with van der Waals surface area (Å²) >= 11 is 0. The van der Waals surface area contributed by atoms with Crippen LogP contribution >= 0.6 is 0 Å². The van der Waals surface area contributed by atoms with Crippen molar-refractivity contribution in [2.75, 3.05) is 43.0 Å². The Kier molecular flexibility index (Phi) is 5.30. The number of likely N-dealkylation sites (tertiary alicyclic amines) is 1. The summed E-state index contributed by atoms with van der Waals surface area (Å²) in [4.78, 5) is 39.6. The average Bonchev–Trinajstić information content (AvgIpc) is 2.61. The summed E-state index contributed by atoms with van der Waals surface area (Å²) in [6, 6.07) is 0.106. The molecule has 1 atom stereocenters. The number of ether oxygens (including phenoxy) is 1. The van der Waals surface area contributed by atoms with Gasteiger partial charge in [-0.05, 0) is 38.5 Å². The second-order valence-corrected chi connectivity index (χ2v) is 7.18. The van der Waals surface area contributed by atoms with Crippen molar-refractivity contribution < 1.29 is 9.53 Å². The van der Waals surface area contributed by atoms with Gasteiger partial charge in [0.05, 0.1) is 6.61 Å². The first-order chi connectivity index (χ1) is 12.0. The molecule has 2 aliphatic heterocycles. The molecule has 1 aromatic rings. The van der Waals surface area contributed by atoms with Gasteiger partial charge in [0.1, 0.15) is 11.4 Å². The van der Waals surface area contributed by atoms with E-state index < -0.39 is 5.43 Å². The van der Waals surface area contributed by atoms with E-state index >= 15 is 0 Å². The molecule has 2 aliphatic rings. The van der Waals surface area contributed by atoms with Crippen molar-refractivity contribution in [1.82, 2.24) is 4.90 Å². The summed E-state index contributed by atoms with van der Waals surface area (Å²) in [5.41, 5.74) is 0.291. The number of hydrogen-bond donors (Lipinski definition) is 1. The van der Waals surface area contributed by atoms with Crippen LogP contribution in [0.15, 0.2) is 9.59 Å². The van der Waals surface area contributed by atoms with Gasteiger partial charge in [-0.2, -0.15) is 0 Å². The molecule has 0 saturated carbocycles. The zero-order chi connectivity index (χ0) is 18.0. The highest BCUT2D eigenvalue weighted by atomic mass is 16.6. The fraction of sp³-hybridized carbons (Fsp3) is 0.722. The number of piperidine rings is 2. The van der Waals surface area contributed by atoms with Crippen molar-refractivity contribution in [3.63, 3.8) is 0 Å². The number of carbonyl (C=O) groups is 1. The van der Waals surface area contributed by atoms with Gasteiger partial charge in [0.25, 0.3) is 10.9 Å². The normalized spacial score (nSPS) is 22.2. The van der Waals surface area contributed by atoms with E-state index in [2.05, 4.69) is 17.1 Å². The molecule has 0 aliphatic carbocycles. The molecule has 2 heterocycles. The smallest absolute Gasteiger partial charge is 0.409 e. The van der Waals surface area contributed by atoms with Crippen molar-refractivity contribution in [2.45, 2.75) is 45.6 Å². The Labute approximate surface area is 147 Å². The lowest BCUT2D eigenvalue weighted by molar-refractivity contribution is 0.0983. The second-order valence-electron chi connectivity index (χ2n) is 7.18. The molecule has 1 amide bonds. The van der Waals surface area contributed by atoms with Crippen LogP contribution < -0.4 is 21.1 Å². The van der Waals surface area contributed by atoms with Crippen molar-refractivity contribution in [2.24, 2.45) is 5.92 Å². The number of nitrogens with zero attached hydrogens (tertiary/aromatic N) is 2. The molecule has 0 bridgehead atoms. The van der Waals surface area contributed by atoms with E-state index in [1.165, 1.54) is 6.42 Å². The van der Waals surface area contributed by atoms with Gasteiger partial charge in [0, 0.05) is 32.2 Å². The maximum Gasteiger partial charge on any atom is 0.409 e. The Hall–Kier alpha value is -2.05. The molecule has 0 radical (unpaired) electrons. The van der Waals surface area contributed by atoms with Crippen molar-refractivity contribution in [3.8, 4) is 0 Å². The highest BCUT2D eigenvalue weighted by Crippen LogP contribution is 2.27. The molecule has 25 heavy (non-hydrogen) atoms. The van der Waals surface area contributed by atoms with Gasteiger partial charge in [-0.25, -0.2) is 4.79 Å². The van der Waals surface area contributed by atoms with Gasteiger partial charge in [-0.3, -0.25) is 9.59 Å². The molecule has 138 valence electrons. The van der Waals surface area contributed by atoms with E-state index in [1.54, 1.807) is 11.8 Å². The SMILES string of the molecule is CCOC(=O)N1CCC(Nc2c(N3CCCC(C)C3)c(=O)c2=O)CC1. The van der Waals surface area contributed by atoms with E-state index in [4.69, 9.17) is 4.74 Å². The topological polar surface area (TPSA) is 79.0 Å². The van der Waals surface area contributed by atoms with Crippen molar-refractivity contribution >= 4 is 17.5 Å². The molecular weight excluding hydrogens is 322 g/mol. The lowest BCUT2D eigenvalue weighted by Gasteiger charge is -2.36. The first kappa shape index (κ1) is 17.8. The van der Waals surface area contributed by atoms with Crippen LogP contribution in [-0.2, 0) is 4.74 Å². The van der Waals surface area contributed by atoms with Crippen LogP contribution in [0.2, 0.25) is 0 Å². The van der Waals surface area contributed by atoms with Crippen LogP contribution in [0.5, 0.6) is 0 Å². The summed E-state index contributed by atoms with van der Waals surface area (Å²) in [6.45, 7) is 7.21. The third kappa shape index (κ3) is 3.65. The Morgan fingerprint density at radius 3 is 2.52 bits per heavy atom. The predicted molar refractivity (Wildman–Crippen MR) is 97.2 cm³/mol. The highest BCUT2D eigenvalue weighted by molar-refractivity contribution is 5.75. The molecule has 1 unspecified atom stereocenters. The Balaban J connectivity index is 1.61. The maximum atomic E-state index is 12.1. The molecule has 3 rings (SSSR count). The molecule has 0 aromatic heterocycles. The van der Waals surface area contributed by atoms with E-state index in [0.717, 1.165) is 32.4 Å². The van der Waals surface area contributed by atoms with Crippen LogP contribution in [0, 0.1) is 5.92 Å². The first-order valence-electron chi connectivity index (χ1n) is 9.27. The van der Waals surface area contributed by atoms with Gasteiger partial charge in [-0.15, -0.1) is 0 Å². The van der Waals surface area contributed by atoms with E-state index in [0.29, 0.717) is 37.0 Å². The number of amides is 1. The standard InChI is InChI=1S/C18H27N3O4/c1-3-25-18(24)20-9-6-13(7-10-20)19-14-15(17(23)16(14)22)21-8-4-5-12(2)11-21/h12-13,19H,3-11H2,1-2H3. The van der Waals surface area contributed by atoms with Crippen LogP contribution in [0.1, 0.15) is 39.5 Å². The number of anilines is 2. The second kappa shape index (κ2) is 7.45. The van der Waals surface area contributed by atoms with Crippen LogP contribution in [0.25, 0.3) is 0 Å². The first-order valence-corrected chi connectivity index (χ1v) is 9.27. The van der Waals surface area contributed by atoms with E-state index in [1.807, 2.05) is 0 Å². The van der Waals surface area contributed by atoms with Gasteiger partial charge >= 0.3 is 6.09 Å². The van der Waals surface area contributed by atoms with Crippen LogP contribution in [0.4, 0.5) is 16.2 Å². The third-order valence-electron chi connectivity index (χ3n) is 5.23. The Morgan fingerprint density at radius 1 is 1.16 bits per heavy atom. The van der Waals surface area contributed by atoms with Gasteiger partial charge < -0.3 is 19.9 Å². The predicted octanol–water partition coefficient (Wildman–Crippen LogP) is 1.55. The fourth-order valence-corrected chi connectivity index (χ4v) is 3.83. The fourth-order valence-electron chi connectivity index (χ4n) is 3.83. The summed E-state index contributed by atoms with van der Waals surface area (Å²) in [6.07, 6.45) is 3.43. The largest absolute Gasteiger partial charge is 0.450 e. The molecule has 2 fully saturated rings. The monoisotopic (exact) mass is 349 g/mol. The van der Waals surface area contributed by atoms with Crippen LogP contribution in [-0.4, -0.2) is 49.8 Å². The Morgan fingerprint density at radius 2 is 1.88 bits per heavy atom. The molecule has 0 spiro atoms. The lowest BCUT2D eigenvalue weighted by Crippen LogP contribution is -2.48. The Bertz CT molecular complexity index is 687. The van der Waals surface area contributed by atoms with Crippen LogP contribution in [0.3, 0.4) is 0 Å². The van der Waals surface area contributed by atoms with E-state index in [9.17, 15) is 14.4 Å². The quantitative estimate of drug-likeness (QED) is 0.831. The minimum Gasteiger partial charge on any atom is -0.450 e. The molecular formula is C18H27N3O4. The van der Waals surface area contributed by atoms with Gasteiger partial charge in [0.2, 0.25) is 0 Å². The maximum absolute atomic E-state index is 12.1. The summed E-state index contributed by atoms with van der Waals surface area (Å²) in [7, 11) is 0. The number of rotatable bonds is 4. The minimum absolute atomic E-state index is 0.106. The lowest BCUT2D eigenvalue weighted by atomic mass is 9.98. The molecule has 7 heteroatoms. The summed E-state index contributed by atoms with van der Waals surface area (Å²) in [5.74, 6) is 0.541.